The Morgan fingerprint density at radius 3 is 2.56 bits per heavy atom. The number of benzene rings is 1. The highest BCUT2D eigenvalue weighted by molar-refractivity contribution is 8.00. The Morgan fingerprint density at radius 1 is 1.26 bits per heavy atom. The number of pyridine rings is 1. The number of nitriles is 1. The molecule has 3 aromatic rings. The number of thioether (sulfide) groups is 1. The Labute approximate surface area is 233 Å². The summed E-state index contributed by atoms with van der Waals surface area (Å²) < 4.78 is 32.5. The molecule has 1 aliphatic carbocycles. The first-order valence-corrected chi connectivity index (χ1v) is 15.2. The summed E-state index contributed by atoms with van der Waals surface area (Å²) in [5.41, 5.74) is 3.28. The van der Waals surface area contributed by atoms with Crippen LogP contribution in [0.2, 0.25) is 0 Å². The van der Waals surface area contributed by atoms with E-state index in [4.69, 9.17) is 9.51 Å². The molecule has 0 aliphatic heterocycles. The predicted molar refractivity (Wildman–Crippen MR) is 151 cm³/mol. The summed E-state index contributed by atoms with van der Waals surface area (Å²) in [6.07, 6.45) is 3.35. The van der Waals surface area contributed by atoms with Crippen LogP contribution in [0.5, 0.6) is 0 Å². The van der Waals surface area contributed by atoms with Gasteiger partial charge < -0.3 is 9.84 Å². The SMILES string of the molecule is CCC(Sc1nc2c(cc1C#N)CC(C(C)(C)C)CC2)C(=O)Nc1ccc(S(=O)(=O)Nc2cc(C)on2)cc1. The van der Waals surface area contributed by atoms with Crippen molar-refractivity contribution in [3.8, 4) is 6.07 Å². The van der Waals surface area contributed by atoms with Crippen LogP contribution in [0, 0.1) is 29.6 Å². The summed E-state index contributed by atoms with van der Waals surface area (Å²) in [5.74, 6) is 0.866. The molecule has 0 spiro atoms. The predicted octanol–water partition coefficient (Wildman–Crippen LogP) is 5.71. The quantitative estimate of drug-likeness (QED) is 0.330. The van der Waals surface area contributed by atoms with Crippen molar-refractivity contribution in [2.45, 2.75) is 75.5 Å². The maximum atomic E-state index is 13.1. The van der Waals surface area contributed by atoms with Crippen molar-refractivity contribution in [3.05, 3.63) is 59.0 Å². The van der Waals surface area contributed by atoms with Gasteiger partial charge in [0.05, 0.1) is 15.7 Å². The molecule has 0 saturated heterocycles. The third kappa shape index (κ3) is 6.81. The smallest absolute Gasteiger partial charge is 0.263 e. The highest BCUT2D eigenvalue weighted by Crippen LogP contribution is 2.38. The molecule has 206 valence electrons. The Hall–Kier alpha value is -3.36. The topological polar surface area (TPSA) is 138 Å². The molecule has 1 aliphatic rings. The lowest BCUT2D eigenvalue weighted by Gasteiger charge is -2.34. The average Bonchev–Trinajstić information content (AvgIpc) is 3.29. The Morgan fingerprint density at radius 2 is 1.97 bits per heavy atom. The Kier molecular flexibility index (Phi) is 8.37. The molecule has 9 nitrogen and oxygen atoms in total. The zero-order chi connectivity index (χ0) is 28.4. The lowest BCUT2D eigenvalue weighted by atomic mass is 9.71. The zero-order valence-electron chi connectivity index (χ0n) is 22.7. The van der Waals surface area contributed by atoms with Gasteiger partial charge in [-0.15, -0.1) is 0 Å². The summed E-state index contributed by atoms with van der Waals surface area (Å²) in [6, 6.07) is 11.6. The molecule has 0 saturated carbocycles. The molecule has 2 N–H and O–H groups in total. The number of fused-ring (bicyclic) bond motifs is 1. The van der Waals surface area contributed by atoms with Crippen LogP contribution in [0.4, 0.5) is 11.5 Å². The van der Waals surface area contributed by atoms with E-state index in [1.807, 2.05) is 13.0 Å². The lowest BCUT2D eigenvalue weighted by Crippen LogP contribution is -2.28. The first kappa shape index (κ1) is 28.6. The van der Waals surface area contributed by atoms with Crippen LogP contribution in [0.1, 0.15) is 63.1 Å². The van der Waals surface area contributed by atoms with Crippen LogP contribution in [0.15, 0.2) is 50.8 Å². The number of aromatic nitrogens is 2. The maximum Gasteiger partial charge on any atom is 0.263 e. The van der Waals surface area contributed by atoms with Crippen LogP contribution >= 0.6 is 11.8 Å². The van der Waals surface area contributed by atoms with Crippen molar-refractivity contribution in [2.24, 2.45) is 11.3 Å². The maximum absolute atomic E-state index is 13.1. The second-order valence-corrected chi connectivity index (χ2v) is 13.7. The minimum atomic E-state index is -3.86. The number of nitrogens with zero attached hydrogens (tertiary/aromatic N) is 3. The summed E-state index contributed by atoms with van der Waals surface area (Å²) >= 11 is 1.29. The summed E-state index contributed by atoms with van der Waals surface area (Å²) in [4.78, 5) is 18.0. The van der Waals surface area contributed by atoms with E-state index >= 15 is 0 Å². The highest BCUT2D eigenvalue weighted by atomic mass is 32.2. The van der Waals surface area contributed by atoms with Crippen LogP contribution < -0.4 is 10.0 Å². The fraction of sp³-hybridized carbons (Fsp3) is 0.429. The molecule has 0 fully saturated rings. The van der Waals surface area contributed by atoms with Gasteiger partial charge in [0.1, 0.15) is 16.9 Å². The number of sulfonamides is 1. The lowest BCUT2D eigenvalue weighted by molar-refractivity contribution is -0.115. The number of carbonyl (C=O) groups excluding carboxylic acids is 1. The van der Waals surface area contributed by atoms with Crippen molar-refractivity contribution in [3.63, 3.8) is 0 Å². The van der Waals surface area contributed by atoms with Crippen molar-refractivity contribution in [1.82, 2.24) is 10.1 Å². The van der Waals surface area contributed by atoms with Gasteiger partial charge >= 0.3 is 0 Å². The van der Waals surface area contributed by atoms with Crippen LogP contribution in [-0.2, 0) is 27.7 Å². The Bertz CT molecular complexity index is 1500. The third-order valence-corrected chi connectivity index (χ3v) is 9.65. The van der Waals surface area contributed by atoms with Crippen LogP contribution in [0.25, 0.3) is 0 Å². The van der Waals surface area contributed by atoms with Gasteiger partial charge in [0, 0.05) is 17.4 Å². The van der Waals surface area contributed by atoms with E-state index in [1.165, 1.54) is 42.1 Å². The number of carbonyl (C=O) groups is 1. The van der Waals surface area contributed by atoms with Gasteiger partial charge in [-0.05, 0) is 79.8 Å². The molecular weight excluding hydrogens is 534 g/mol. The van der Waals surface area contributed by atoms with Gasteiger partial charge in [0.25, 0.3) is 10.0 Å². The van der Waals surface area contributed by atoms with Gasteiger partial charge in [-0.2, -0.15) is 5.26 Å². The van der Waals surface area contributed by atoms with Gasteiger partial charge in [-0.1, -0.05) is 44.6 Å². The molecule has 2 aromatic heterocycles. The molecule has 1 amide bonds. The van der Waals surface area contributed by atoms with Crippen LogP contribution in [-0.4, -0.2) is 29.7 Å². The largest absolute Gasteiger partial charge is 0.360 e. The van der Waals surface area contributed by atoms with E-state index in [1.54, 1.807) is 6.92 Å². The fourth-order valence-electron chi connectivity index (χ4n) is 4.56. The van der Waals surface area contributed by atoms with E-state index in [2.05, 4.69) is 42.0 Å². The first-order valence-electron chi connectivity index (χ1n) is 12.9. The minimum Gasteiger partial charge on any atom is -0.360 e. The molecule has 2 atom stereocenters. The van der Waals surface area contributed by atoms with E-state index in [-0.39, 0.29) is 22.0 Å². The van der Waals surface area contributed by atoms with Crippen LogP contribution in [0.3, 0.4) is 0 Å². The second-order valence-electron chi connectivity index (χ2n) is 10.8. The summed E-state index contributed by atoms with van der Waals surface area (Å²) in [5, 5.41) is 16.4. The summed E-state index contributed by atoms with van der Waals surface area (Å²) in [6.45, 7) is 10.3. The average molecular weight is 568 g/mol. The monoisotopic (exact) mass is 567 g/mol. The number of aryl methyl sites for hydroxylation is 2. The van der Waals surface area contributed by atoms with Gasteiger partial charge in [0.2, 0.25) is 5.91 Å². The minimum absolute atomic E-state index is 0.0215. The summed E-state index contributed by atoms with van der Waals surface area (Å²) in [7, 11) is -3.86. The van der Waals surface area contributed by atoms with Gasteiger partial charge in [0.15, 0.2) is 5.82 Å². The second kappa shape index (κ2) is 11.4. The number of hydrogen-bond acceptors (Lipinski definition) is 8. The molecule has 2 unspecified atom stereocenters. The van der Waals surface area contributed by atoms with Gasteiger partial charge in [-0.25, -0.2) is 13.4 Å². The van der Waals surface area contributed by atoms with Crippen molar-refractivity contribution < 1.29 is 17.7 Å². The standard InChI is InChI=1S/C28H33N5O4S2/c1-6-24(38-27-19(16-29)14-18-15-20(28(3,4)5)7-12-23(18)31-27)26(34)30-21-8-10-22(11-9-21)39(35,36)33-25-13-17(2)37-32-25/h8-11,13-14,20,24H,6-7,12,15H2,1-5H3,(H,30,34)(H,32,33). The molecule has 1 aromatic carbocycles. The Balaban J connectivity index is 1.44. The fourth-order valence-corrected chi connectivity index (χ4v) is 6.54. The molecule has 11 heteroatoms. The molecule has 39 heavy (non-hydrogen) atoms. The van der Waals surface area contributed by atoms with Gasteiger partial charge in [-0.3, -0.25) is 9.52 Å². The molecule has 0 radical (unpaired) electrons. The normalized spacial score (nSPS) is 16.2. The van der Waals surface area contributed by atoms with E-state index in [9.17, 15) is 18.5 Å². The molecule has 2 heterocycles. The third-order valence-electron chi connectivity index (χ3n) is 6.91. The van der Waals surface area contributed by atoms with Crippen molar-refractivity contribution in [1.29, 1.82) is 5.26 Å². The number of nitrogens with one attached hydrogen (secondary N) is 2. The first-order chi connectivity index (χ1) is 18.4. The van der Waals surface area contributed by atoms with Crippen molar-refractivity contribution in [2.75, 3.05) is 10.0 Å². The highest BCUT2D eigenvalue weighted by Gasteiger charge is 2.31. The zero-order valence-corrected chi connectivity index (χ0v) is 24.4. The number of hydrogen-bond donors (Lipinski definition) is 2. The molecule has 4 rings (SSSR count). The number of rotatable bonds is 8. The van der Waals surface area contributed by atoms with Crippen molar-refractivity contribution >= 4 is 39.2 Å². The number of anilines is 2. The van der Waals surface area contributed by atoms with E-state index in [0.29, 0.717) is 34.4 Å². The molecular formula is C28H33N5O4S2. The van der Waals surface area contributed by atoms with E-state index < -0.39 is 15.3 Å². The van der Waals surface area contributed by atoms with E-state index in [0.717, 1.165) is 30.5 Å². The molecule has 0 bridgehead atoms. The number of amides is 1.